The van der Waals surface area contributed by atoms with Crippen LogP contribution in [0.1, 0.15) is 24.7 Å². The van der Waals surface area contributed by atoms with Crippen LogP contribution in [0.2, 0.25) is 5.02 Å². The molecule has 106 valence electrons. The van der Waals surface area contributed by atoms with E-state index in [0.29, 0.717) is 31.1 Å². The Hall–Kier alpha value is -1.11. The van der Waals surface area contributed by atoms with Crippen LogP contribution in [0.3, 0.4) is 0 Å². The Morgan fingerprint density at radius 2 is 2.32 bits per heavy atom. The van der Waals surface area contributed by atoms with Gasteiger partial charge >= 0.3 is 5.97 Å². The minimum Gasteiger partial charge on any atom is -0.480 e. The lowest BCUT2D eigenvalue weighted by Crippen LogP contribution is -2.50. The predicted octanol–water partition coefficient (Wildman–Crippen LogP) is 0.853. The molecule has 2 heterocycles. The second-order valence-electron chi connectivity index (χ2n) is 5.08. The molecule has 7 heteroatoms. The van der Waals surface area contributed by atoms with Gasteiger partial charge in [-0.1, -0.05) is 11.6 Å². The third-order valence-corrected chi connectivity index (χ3v) is 4.12. The average molecular weight is 287 g/mol. The molecule has 6 nitrogen and oxygen atoms in total. The van der Waals surface area contributed by atoms with Crippen LogP contribution < -0.4 is 5.73 Å². The Morgan fingerprint density at radius 3 is 2.84 bits per heavy atom. The predicted molar refractivity (Wildman–Crippen MR) is 72.1 cm³/mol. The molecule has 1 aliphatic heterocycles. The molecule has 1 fully saturated rings. The maximum Gasteiger partial charge on any atom is 0.325 e. The van der Waals surface area contributed by atoms with Gasteiger partial charge < -0.3 is 10.8 Å². The van der Waals surface area contributed by atoms with Crippen LogP contribution in [0.5, 0.6) is 0 Å². The fourth-order valence-electron chi connectivity index (χ4n) is 2.46. The molecule has 0 aromatic carbocycles. The molecule has 1 saturated heterocycles. The van der Waals surface area contributed by atoms with E-state index in [-0.39, 0.29) is 0 Å². The molecule has 2 rings (SSSR count). The number of hydrogen-bond donors (Lipinski definition) is 2. The Morgan fingerprint density at radius 1 is 1.63 bits per heavy atom. The molecule has 3 N–H and O–H groups in total. The first kappa shape index (κ1) is 14.3. The highest BCUT2D eigenvalue weighted by Crippen LogP contribution is 2.26. The molecule has 1 aromatic heterocycles. The van der Waals surface area contributed by atoms with Gasteiger partial charge in [0.05, 0.1) is 16.4 Å². The number of aliphatic carboxylic acids is 1. The normalized spacial score (nSPS) is 24.0. The van der Waals surface area contributed by atoms with Crippen molar-refractivity contribution in [2.24, 2.45) is 5.73 Å². The van der Waals surface area contributed by atoms with E-state index < -0.39 is 11.5 Å². The van der Waals surface area contributed by atoms with E-state index in [1.54, 1.807) is 0 Å². The minimum absolute atomic E-state index is 0.340. The van der Waals surface area contributed by atoms with E-state index >= 15 is 0 Å². The van der Waals surface area contributed by atoms with Gasteiger partial charge in [-0.15, -0.1) is 0 Å². The summed E-state index contributed by atoms with van der Waals surface area (Å²) in [6.45, 7) is 6.19. The smallest absolute Gasteiger partial charge is 0.325 e. The maximum atomic E-state index is 11.1. The molecule has 19 heavy (non-hydrogen) atoms. The van der Waals surface area contributed by atoms with E-state index in [1.165, 1.54) is 0 Å². The topological polar surface area (TPSA) is 84.4 Å². The average Bonchev–Trinajstić information content (AvgIpc) is 2.86. The van der Waals surface area contributed by atoms with Gasteiger partial charge in [-0.2, -0.15) is 5.10 Å². The van der Waals surface area contributed by atoms with Crippen molar-refractivity contribution in [2.75, 3.05) is 13.1 Å². The number of aryl methyl sites for hydroxylation is 2. The molecule has 0 aliphatic carbocycles. The van der Waals surface area contributed by atoms with Gasteiger partial charge in [-0.05, 0) is 20.3 Å². The second kappa shape index (κ2) is 5.11. The summed E-state index contributed by atoms with van der Waals surface area (Å²) in [7, 11) is 0. The van der Waals surface area contributed by atoms with Crippen LogP contribution in [-0.2, 0) is 17.9 Å². The Kier molecular flexibility index (Phi) is 3.85. The molecule has 0 radical (unpaired) electrons. The van der Waals surface area contributed by atoms with Crippen molar-refractivity contribution in [1.29, 1.82) is 0 Å². The van der Waals surface area contributed by atoms with Gasteiger partial charge in [0.2, 0.25) is 0 Å². The standard InChI is InChI=1S/C12H19ClN4O2/c1-3-17-9(10(13)8(2)15-17)6-16-5-4-12(14,7-16)11(18)19/h3-7,14H2,1-2H3,(H,18,19). The van der Waals surface area contributed by atoms with Crippen molar-refractivity contribution in [1.82, 2.24) is 14.7 Å². The molecule has 1 atom stereocenters. The Labute approximate surface area is 117 Å². The van der Waals surface area contributed by atoms with Gasteiger partial charge in [0.1, 0.15) is 5.54 Å². The highest BCUT2D eigenvalue weighted by Gasteiger charge is 2.41. The fraction of sp³-hybridized carbons (Fsp3) is 0.667. The Bertz CT molecular complexity index is 502. The number of carbonyl (C=O) groups is 1. The van der Waals surface area contributed by atoms with Crippen LogP contribution in [-0.4, -0.2) is 44.4 Å². The van der Waals surface area contributed by atoms with Crippen molar-refractivity contribution in [3.8, 4) is 0 Å². The first-order valence-electron chi connectivity index (χ1n) is 6.34. The number of carboxylic acid groups (broad SMARTS) is 1. The summed E-state index contributed by atoms with van der Waals surface area (Å²) >= 11 is 6.25. The summed E-state index contributed by atoms with van der Waals surface area (Å²) in [6.07, 6.45) is 0.458. The Balaban J connectivity index is 2.13. The number of hydrogen-bond acceptors (Lipinski definition) is 4. The molecular weight excluding hydrogens is 268 g/mol. The first-order valence-corrected chi connectivity index (χ1v) is 6.71. The lowest BCUT2D eigenvalue weighted by atomic mass is 10.0. The van der Waals surface area contributed by atoms with E-state index in [4.69, 9.17) is 22.4 Å². The number of nitrogens with zero attached hydrogens (tertiary/aromatic N) is 3. The lowest BCUT2D eigenvalue weighted by molar-refractivity contribution is -0.142. The largest absolute Gasteiger partial charge is 0.480 e. The maximum absolute atomic E-state index is 11.1. The molecule has 1 aliphatic rings. The van der Waals surface area contributed by atoms with Crippen molar-refractivity contribution < 1.29 is 9.90 Å². The minimum atomic E-state index is -1.14. The van der Waals surface area contributed by atoms with E-state index in [2.05, 4.69) is 5.10 Å². The molecule has 0 bridgehead atoms. The SMILES string of the molecule is CCn1nc(C)c(Cl)c1CN1CCC(N)(C(=O)O)C1. The summed E-state index contributed by atoms with van der Waals surface area (Å²) in [5.41, 5.74) is 6.45. The van der Waals surface area contributed by atoms with Crippen molar-refractivity contribution in [2.45, 2.75) is 38.9 Å². The number of carboxylic acids is 1. The van der Waals surface area contributed by atoms with Crippen LogP contribution in [0.4, 0.5) is 0 Å². The molecule has 0 saturated carbocycles. The van der Waals surface area contributed by atoms with Gasteiger partial charge in [0.25, 0.3) is 0 Å². The van der Waals surface area contributed by atoms with Gasteiger partial charge in [0, 0.05) is 26.2 Å². The van der Waals surface area contributed by atoms with Gasteiger partial charge in [0.15, 0.2) is 0 Å². The quantitative estimate of drug-likeness (QED) is 0.857. The zero-order valence-corrected chi connectivity index (χ0v) is 11.9. The van der Waals surface area contributed by atoms with Gasteiger partial charge in [-0.3, -0.25) is 14.4 Å². The molecule has 0 spiro atoms. The number of nitrogens with two attached hydrogens (primary N) is 1. The second-order valence-corrected chi connectivity index (χ2v) is 5.46. The summed E-state index contributed by atoms with van der Waals surface area (Å²) in [5.74, 6) is -0.943. The van der Waals surface area contributed by atoms with Crippen LogP contribution in [0.25, 0.3) is 0 Å². The molecular formula is C12H19ClN4O2. The zero-order chi connectivity index (χ0) is 14.2. The van der Waals surface area contributed by atoms with E-state index in [0.717, 1.165) is 17.9 Å². The number of aromatic nitrogens is 2. The third-order valence-electron chi connectivity index (χ3n) is 3.63. The van der Waals surface area contributed by atoms with Gasteiger partial charge in [-0.25, -0.2) is 0 Å². The summed E-state index contributed by atoms with van der Waals surface area (Å²) < 4.78 is 1.86. The van der Waals surface area contributed by atoms with Crippen LogP contribution in [0.15, 0.2) is 0 Å². The van der Waals surface area contributed by atoms with E-state index in [1.807, 2.05) is 23.4 Å². The summed E-state index contributed by atoms with van der Waals surface area (Å²) in [5, 5.41) is 14.1. The van der Waals surface area contributed by atoms with Crippen molar-refractivity contribution >= 4 is 17.6 Å². The first-order chi connectivity index (χ1) is 8.87. The number of halogens is 1. The van der Waals surface area contributed by atoms with Crippen LogP contribution in [0, 0.1) is 6.92 Å². The summed E-state index contributed by atoms with van der Waals surface area (Å²) in [6, 6.07) is 0. The zero-order valence-electron chi connectivity index (χ0n) is 11.2. The molecule has 0 amide bonds. The number of rotatable bonds is 4. The van der Waals surface area contributed by atoms with Crippen molar-refractivity contribution in [3.05, 3.63) is 16.4 Å². The molecule has 1 aromatic rings. The van der Waals surface area contributed by atoms with Crippen molar-refractivity contribution in [3.63, 3.8) is 0 Å². The number of likely N-dealkylation sites (tertiary alicyclic amines) is 1. The monoisotopic (exact) mass is 286 g/mol. The third kappa shape index (κ3) is 2.61. The highest BCUT2D eigenvalue weighted by molar-refractivity contribution is 6.31. The fourth-order valence-corrected chi connectivity index (χ4v) is 2.65. The highest BCUT2D eigenvalue weighted by atomic mass is 35.5. The lowest BCUT2D eigenvalue weighted by Gasteiger charge is -2.20. The summed E-state index contributed by atoms with van der Waals surface area (Å²) in [4.78, 5) is 13.1. The molecule has 1 unspecified atom stereocenters. The van der Waals surface area contributed by atoms with E-state index in [9.17, 15) is 4.79 Å². The van der Waals surface area contributed by atoms with Crippen LogP contribution >= 0.6 is 11.6 Å².